The van der Waals surface area contributed by atoms with Crippen molar-refractivity contribution >= 4 is 11.8 Å². The molecule has 1 saturated heterocycles. The summed E-state index contributed by atoms with van der Waals surface area (Å²) in [6.45, 7) is 4.38. The number of aromatic amines is 1. The van der Waals surface area contributed by atoms with Gasteiger partial charge < -0.3 is 9.80 Å². The Kier molecular flexibility index (Phi) is 4.45. The number of carbonyl (C=O) groups is 2. The molecule has 120 valence electrons. The molecule has 6 heteroatoms. The number of H-pyrrole nitrogens is 1. The number of nitrogens with zero attached hydrogens (tertiary/aromatic N) is 3. The van der Waals surface area contributed by atoms with E-state index < -0.39 is 0 Å². The summed E-state index contributed by atoms with van der Waals surface area (Å²) in [6, 6.07) is 0. The molecule has 22 heavy (non-hydrogen) atoms. The van der Waals surface area contributed by atoms with Gasteiger partial charge in [-0.1, -0.05) is 19.3 Å². The van der Waals surface area contributed by atoms with Gasteiger partial charge in [-0.05, 0) is 19.8 Å². The van der Waals surface area contributed by atoms with E-state index in [2.05, 4.69) is 10.2 Å². The van der Waals surface area contributed by atoms with Crippen LogP contribution in [0.2, 0.25) is 0 Å². The summed E-state index contributed by atoms with van der Waals surface area (Å²) >= 11 is 0. The number of hydrogen-bond acceptors (Lipinski definition) is 3. The largest absolute Gasteiger partial charge is 0.339 e. The van der Waals surface area contributed by atoms with Gasteiger partial charge >= 0.3 is 0 Å². The number of rotatable bonds is 2. The summed E-state index contributed by atoms with van der Waals surface area (Å²) in [5.41, 5.74) is 1.43. The van der Waals surface area contributed by atoms with Crippen molar-refractivity contribution in [1.82, 2.24) is 20.0 Å². The average Bonchev–Trinajstić information content (AvgIpc) is 3.00. The molecule has 3 rings (SSSR count). The maximum absolute atomic E-state index is 12.5. The fraction of sp³-hybridized carbons (Fsp3) is 0.688. The van der Waals surface area contributed by atoms with E-state index >= 15 is 0 Å². The summed E-state index contributed by atoms with van der Waals surface area (Å²) in [4.78, 5) is 28.7. The monoisotopic (exact) mass is 304 g/mol. The highest BCUT2D eigenvalue weighted by atomic mass is 16.2. The van der Waals surface area contributed by atoms with Crippen LogP contribution in [0.4, 0.5) is 0 Å². The minimum Gasteiger partial charge on any atom is -0.339 e. The van der Waals surface area contributed by atoms with Crippen LogP contribution in [0.3, 0.4) is 0 Å². The first-order valence-corrected chi connectivity index (χ1v) is 8.25. The Balaban J connectivity index is 1.55. The van der Waals surface area contributed by atoms with Gasteiger partial charge in [-0.3, -0.25) is 14.7 Å². The maximum Gasteiger partial charge on any atom is 0.257 e. The Morgan fingerprint density at radius 1 is 1.09 bits per heavy atom. The lowest BCUT2D eigenvalue weighted by Gasteiger charge is -2.37. The molecule has 1 N–H and O–H groups in total. The van der Waals surface area contributed by atoms with Crippen LogP contribution < -0.4 is 0 Å². The first kappa shape index (κ1) is 15.1. The van der Waals surface area contributed by atoms with Gasteiger partial charge in [0.05, 0.1) is 11.8 Å². The number of amides is 2. The van der Waals surface area contributed by atoms with Gasteiger partial charge in [0.1, 0.15) is 0 Å². The van der Waals surface area contributed by atoms with Gasteiger partial charge in [0.25, 0.3) is 5.91 Å². The van der Waals surface area contributed by atoms with Gasteiger partial charge in [-0.25, -0.2) is 0 Å². The molecule has 2 aliphatic rings. The van der Waals surface area contributed by atoms with Crippen LogP contribution in [0, 0.1) is 12.8 Å². The molecule has 1 saturated carbocycles. The van der Waals surface area contributed by atoms with E-state index in [4.69, 9.17) is 0 Å². The highest BCUT2D eigenvalue weighted by Gasteiger charge is 2.30. The Hall–Kier alpha value is -1.85. The van der Waals surface area contributed by atoms with Crippen LogP contribution in [0.25, 0.3) is 0 Å². The molecule has 1 aromatic heterocycles. The van der Waals surface area contributed by atoms with Crippen LogP contribution in [0.5, 0.6) is 0 Å². The standard InChI is InChI=1S/C16H24N4O2/c1-12-14(11-17-18-12)16(22)20-9-7-19(8-10-20)15(21)13-5-3-2-4-6-13/h11,13H,2-10H2,1H3,(H,17,18). The third-order valence-electron chi connectivity index (χ3n) is 4.89. The van der Waals surface area contributed by atoms with Crippen molar-refractivity contribution in [3.63, 3.8) is 0 Å². The SMILES string of the molecule is Cc1[nH]ncc1C(=O)N1CCN(C(=O)C2CCCCC2)CC1. The predicted octanol–water partition coefficient (Wildman–Crippen LogP) is 1.58. The zero-order valence-corrected chi connectivity index (χ0v) is 13.2. The second-order valence-corrected chi connectivity index (χ2v) is 6.36. The third-order valence-corrected chi connectivity index (χ3v) is 4.89. The third kappa shape index (κ3) is 3.00. The summed E-state index contributed by atoms with van der Waals surface area (Å²) in [7, 11) is 0. The minimum atomic E-state index is 0.0102. The number of aromatic nitrogens is 2. The van der Waals surface area contributed by atoms with Crippen molar-refractivity contribution in [2.24, 2.45) is 5.92 Å². The summed E-state index contributed by atoms with van der Waals surface area (Å²) in [5.74, 6) is 0.523. The molecule has 2 amide bonds. The van der Waals surface area contributed by atoms with Gasteiger partial charge in [0, 0.05) is 37.8 Å². The fourth-order valence-electron chi connectivity index (χ4n) is 3.47. The predicted molar refractivity (Wildman–Crippen MR) is 82.4 cm³/mol. The Morgan fingerprint density at radius 3 is 2.32 bits per heavy atom. The van der Waals surface area contributed by atoms with E-state index in [1.54, 1.807) is 6.20 Å². The van der Waals surface area contributed by atoms with E-state index in [0.717, 1.165) is 18.5 Å². The first-order valence-electron chi connectivity index (χ1n) is 8.25. The van der Waals surface area contributed by atoms with Gasteiger partial charge in [-0.2, -0.15) is 5.10 Å². The molecule has 0 atom stereocenters. The fourth-order valence-corrected chi connectivity index (χ4v) is 3.47. The average molecular weight is 304 g/mol. The van der Waals surface area contributed by atoms with Crippen LogP contribution in [0.1, 0.15) is 48.2 Å². The molecule has 1 aliphatic heterocycles. The van der Waals surface area contributed by atoms with Crippen molar-refractivity contribution < 1.29 is 9.59 Å². The number of nitrogens with one attached hydrogen (secondary N) is 1. The molecule has 1 aliphatic carbocycles. The van der Waals surface area contributed by atoms with Crippen LogP contribution in [-0.4, -0.2) is 58.0 Å². The number of piperazine rings is 1. The van der Waals surface area contributed by atoms with Crippen LogP contribution in [0.15, 0.2) is 6.20 Å². The highest BCUT2D eigenvalue weighted by Crippen LogP contribution is 2.26. The summed E-state index contributed by atoms with van der Waals surface area (Å²) in [5, 5.41) is 6.70. The van der Waals surface area contributed by atoms with Gasteiger partial charge in [0.15, 0.2) is 0 Å². The molecule has 2 heterocycles. The quantitative estimate of drug-likeness (QED) is 0.902. The highest BCUT2D eigenvalue weighted by molar-refractivity contribution is 5.95. The molecular weight excluding hydrogens is 280 g/mol. The van der Waals surface area contributed by atoms with E-state index in [0.29, 0.717) is 37.6 Å². The molecule has 6 nitrogen and oxygen atoms in total. The normalized spacial score (nSPS) is 20.2. The second kappa shape index (κ2) is 6.50. The lowest BCUT2D eigenvalue weighted by molar-refractivity contribution is -0.138. The molecule has 2 fully saturated rings. The Morgan fingerprint density at radius 2 is 1.73 bits per heavy atom. The first-order chi connectivity index (χ1) is 10.7. The lowest BCUT2D eigenvalue weighted by Crippen LogP contribution is -2.52. The minimum absolute atomic E-state index is 0.0102. The van der Waals surface area contributed by atoms with Crippen LogP contribution >= 0.6 is 0 Å². The zero-order chi connectivity index (χ0) is 15.5. The van der Waals surface area contributed by atoms with Crippen molar-refractivity contribution in [1.29, 1.82) is 0 Å². The topological polar surface area (TPSA) is 69.3 Å². The second-order valence-electron chi connectivity index (χ2n) is 6.36. The van der Waals surface area contributed by atoms with Crippen molar-refractivity contribution in [2.75, 3.05) is 26.2 Å². The van der Waals surface area contributed by atoms with E-state index in [1.165, 1.54) is 19.3 Å². The lowest BCUT2D eigenvalue weighted by atomic mass is 9.88. The molecule has 0 spiro atoms. The Bertz CT molecular complexity index is 540. The smallest absolute Gasteiger partial charge is 0.257 e. The molecule has 0 radical (unpaired) electrons. The van der Waals surface area contributed by atoms with Crippen molar-refractivity contribution in [2.45, 2.75) is 39.0 Å². The maximum atomic E-state index is 12.5. The molecule has 0 aromatic carbocycles. The Labute approximate surface area is 130 Å². The zero-order valence-electron chi connectivity index (χ0n) is 13.2. The number of hydrogen-bond donors (Lipinski definition) is 1. The molecule has 1 aromatic rings. The van der Waals surface area contributed by atoms with E-state index in [1.807, 2.05) is 16.7 Å². The van der Waals surface area contributed by atoms with E-state index in [9.17, 15) is 9.59 Å². The summed E-state index contributed by atoms with van der Waals surface area (Å²) < 4.78 is 0. The molecule has 0 bridgehead atoms. The summed E-state index contributed by atoms with van der Waals surface area (Å²) in [6.07, 6.45) is 7.26. The van der Waals surface area contributed by atoms with Gasteiger partial charge in [0.2, 0.25) is 5.91 Å². The van der Waals surface area contributed by atoms with Gasteiger partial charge in [-0.15, -0.1) is 0 Å². The van der Waals surface area contributed by atoms with Crippen molar-refractivity contribution in [3.8, 4) is 0 Å². The number of carbonyl (C=O) groups excluding carboxylic acids is 2. The van der Waals surface area contributed by atoms with E-state index in [-0.39, 0.29) is 11.8 Å². The molecule has 0 unspecified atom stereocenters. The molecular formula is C16H24N4O2. The van der Waals surface area contributed by atoms with Crippen LogP contribution in [-0.2, 0) is 4.79 Å². The number of aryl methyl sites for hydroxylation is 1. The van der Waals surface area contributed by atoms with Crippen molar-refractivity contribution in [3.05, 3.63) is 17.5 Å².